The van der Waals surface area contributed by atoms with Crippen LogP contribution >= 0.6 is 0 Å². The molecule has 1 unspecified atom stereocenters. The maximum absolute atomic E-state index is 5.74. The lowest BCUT2D eigenvalue weighted by molar-refractivity contribution is 0.199. The number of benzene rings is 1. The Morgan fingerprint density at radius 3 is 3.19 bits per heavy atom. The second kappa shape index (κ2) is 6.74. The molecule has 1 N–H and O–H groups in total. The molecule has 0 radical (unpaired) electrons. The molecule has 0 amide bonds. The first-order valence-corrected chi connectivity index (χ1v) is 7.30. The molecule has 0 bridgehead atoms. The van der Waals surface area contributed by atoms with E-state index in [1.54, 1.807) is 7.11 Å². The minimum Gasteiger partial charge on any atom is -0.493 e. The van der Waals surface area contributed by atoms with Crippen molar-refractivity contribution in [3.8, 4) is 5.75 Å². The van der Waals surface area contributed by atoms with Crippen molar-refractivity contribution in [2.75, 3.05) is 26.9 Å². The number of rotatable bonds is 7. The fourth-order valence-corrected chi connectivity index (χ4v) is 2.65. The number of para-hydroxylation sites is 1. The van der Waals surface area contributed by atoms with E-state index in [0.717, 1.165) is 38.6 Å². The summed E-state index contributed by atoms with van der Waals surface area (Å²) in [6.07, 6.45) is 1.86. The van der Waals surface area contributed by atoms with Crippen LogP contribution in [0.3, 0.4) is 0 Å². The summed E-state index contributed by atoms with van der Waals surface area (Å²) in [6.45, 7) is 3.95. The molecule has 112 valence electrons. The third-order valence-electron chi connectivity index (χ3n) is 3.79. The van der Waals surface area contributed by atoms with Gasteiger partial charge in [0, 0.05) is 37.9 Å². The largest absolute Gasteiger partial charge is 0.493 e. The number of nitrogens with one attached hydrogen (secondary N) is 1. The van der Waals surface area contributed by atoms with Crippen LogP contribution in [-0.4, -0.2) is 36.6 Å². The first-order chi connectivity index (χ1) is 10.4. The molecule has 1 atom stereocenters. The third kappa shape index (κ3) is 3.25. The first-order valence-electron chi connectivity index (χ1n) is 7.30. The molecule has 0 spiro atoms. The second-order valence-corrected chi connectivity index (χ2v) is 5.22. The van der Waals surface area contributed by atoms with Crippen molar-refractivity contribution >= 4 is 0 Å². The predicted molar refractivity (Wildman–Crippen MR) is 80.5 cm³/mol. The van der Waals surface area contributed by atoms with Crippen molar-refractivity contribution in [1.29, 1.82) is 0 Å². The van der Waals surface area contributed by atoms with Crippen molar-refractivity contribution in [3.63, 3.8) is 0 Å². The molecular weight excluding hydrogens is 266 g/mol. The number of nitrogens with zero attached hydrogens (tertiary/aromatic N) is 2. The molecular formula is C16H21N3O2. The van der Waals surface area contributed by atoms with Gasteiger partial charge in [0.05, 0.1) is 25.5 Å². The van der Waals surface area contributed by atoms with Gasteiger partial charge in [-0.05, 0) is 12.1 Å². The fourth-order valence-electron chi connectivity index (χ4n) is 2.65. The lowest BCUT2D eigenvalue weighted by Crippen LogP contribution is -2.22. The third-order valence-corrected chi connectivity index (χ3v) is 3.79. The van der Waals surface area contributed by atoms with E-state index in [1.807, 2.05) is 18.3 Å². The second-order valence-electron chi connectivity index (χ2n) is 5.22. The van der Waals surface area contributed by atoms with Crippen LogP contribution < -0.4 is 10.1 Å². The minimum atomic E-state index is 0.374. The number of ether oxygens (including phenoxy) is 2. The summed E-state index contributed by atoms with van der Waals surface area (Å²) < 4.78 is 12.8. The van der Waals surface area contributed by atoms with Crippen molar-refractivity contribution in [1.82, 2.24) is 15.1 Å². The summed E-state index contributed by atoms with van der Waals surface area (Å²) in [5.41, 5.74) is 2.47. The monoisotopic (exact) mass is 287 g/mol. The minimum absolute atomic E-state index is 0.374. The summed E-state index contributed by atoms with van der Waals surface area (Å²) >= 11 is 0. The standard InChI is InChI=1S/C16H21N3O2/c1-20-9-8-17-10-14-6-7-18-19(14)11-13-12-21-16-5-3-2-4-15(13)16/h2-7,13,17H,8-12H2,1H3. The molecule has 2 aromatic rings. The quantitative estimate of drug-likeness (QED) is 0.789. The zero-order chi connectivity index (χ0) is 14.5. The van der Waals surface area contributed by atoms with E-state index in [2.05, 4.69) is 33.3 Å². The molecule has 0 saturated carbocycles. The average molecular weight is 287 g/mol. The summed E-state index contributed by atoms with van der Waals surface area (Å²) in [5.74, 6) is 1.38. The maximum atomic E-state index is 5.74. The highest BCUT2D eigenvalue weighted by molar-refractivity contribution is 5.39. The highest BCUT2D eigenvalue weighted by Gasteiger charge is 2.24. The lowest BCUT2D eigenvalue weighted by Gasteiger charge is -2.13. The molecule has 1 aromatic carbocycles. The Labute approximate surface area is 124 Å². The van der Waals surface area contributed by atoms with Gasteiger partial charge in [0.1, 0.15) is 5.75 Å². The molecule has 1 aromatic heterocycles. The van der Waals surface area contributed by atoms with Gasteiger partial charge in [-0.1, -0.05) is 18.2 Å². The SMILES string of the molecule is COCCNCc1ccnn1CC1COc2ccccc21. The van der Waals surface area contributed by atoms with E-state index in [-0.39, 0.29) is 0 Å². The van der Waals surface area contributed by atoms with Gasteiger partial charge in [-0.3, -0.25) is 4.68 Å². The van der Waals surface area contributed by atoms with Crippen molar-refractivity contribution in [2.45, 2.75) is 19.0 Å². The zero-order valence-corrected chi connectivity index (χ0v) is 12.3. The highest BCUT2D eigenvalue weighted by atomic mass is 16.5. The maximum Gasteiger partial charge on any atom is 0.122 e. The summed E-state index contributed by atoms with van der Waals surface area (Å²) in [5, 5.41) is 7.80. The number of hydrogen-bond donors (Lipinski definition) is 1. The predicted octanol–water partition coefficient (Wildman–Crippen LogP) is 1.80. The normalized spacial score (nSPS) is 16.7. The van der Waals surface area contributed by atoms with Gasteiger partial charge in [0.25, 0.3) is 0 Å². The molecule has 3 rings (SSSR count). The van der Waals surface area contributed by atoms with Gasteiger partial charge < -0.3 is 14.8 Å². The number of methoxy groups -OCH3 is 1. The van der Waals surface area contributed by atoms with Gasteiger partial charge in [-0.15, -0.1) is 0 Å². The highest BCUT2D eigenvalue weighted by Crippen LogP contribution is 2.34. The van der Waals surface area contributed by atoms with Crippen molar-refractivity contribution in [3.05, 3.63) is 47.8 Å². The number of hydrogen-bond acceptors (Lipinski definition) is 4. The Bertz CT molecular complexity index is 582. The van der Waals surface area contributed by atoms with Crippen molar-refractivity contribution in [2.24, 2.45) is 0 Å². The topological polar surface area (TPSA) is 48.3 Å². The van der Waals surface area contributed by atoms with E-state index < -0.39 is 0 Å². The molecule has 5 heteroatoms. The van der Waals surface area contributed by atoms with Gasteiger partial charge in [0.2, 0.25) is 0 Å². The Balaban J connectivity index is 1.63. The molecule has 5 nitrogen and oxygen atoms in total. The first kappa shape index (κ1) is 14.1. The number of aromatic nitrogens is 2. The van der Waals surface area contributed by atoms with Crippen LogP contribution in [0.1, 0.15) is 17.2 Å². The Hall–Kier alpha value is -1.85. The molecule has 0 fully saturated rings. The van der Waals surface area contributed by atoms with Gasteiger partial charge in [-0.25, -0.2) is 0 Å². The van der Waals surface area contributed by atoms with E-state index in [9.17, 15) is 0 Å². The lowest BCUT2D eigenvalue weighted by atomic mass is 10.0. The fraction of sp³-hybridized carbons (Fsp3) is 0.438. The Morgan fingerprint density at radius 2 is 2.29 bits per heavy atom. The molecule has 1 aliphatic rings. The van der Waals surface area contributed by atoms with Crippen molar-refractivity contribution < 1.29 is 9.47 Å². The summed E-state index contributed by atoms with van der Waals surface area (Å²) in [4.78, 5) is 0. The molecule has 0 aliphatic carbocycles. The Morgan fingerprint density at radius 1 is 1.38 bits per heavy atom. The Kier molecular flexibility index (Phi) is 4.52. The van der Waals surface area contributed by atoms with Crippen LogP contribution in [0.25, 0.3) is 0 Å². The van der Waals surface area contributed by atoms with E-state index >= 15 is 0 Å². The van der Waals surface area contributed by atoms with Gasteiger partial charge in [0.15, 0.2) is 0 Å². The van der Waals surface area contributed by atoms with E-state index in [0.29, 0.717) is 5.92 Å². The molecule has 21 heavy (non-hydrogen) atoms. The van der Waals surface area contributed by atoms with Crippen LogP contribution in [0.5, 0.6) is 5.75 Å². The van der Waals surface area contributed by atoms with Gasteiger partial charge >= 0.3 is 0 Å². The van der Waals surface area contributed by atoms with Crippen LogP contribution in [0.15, 0.2) is 36.5 Å². The summed E-state index contributed by atoms with van der Waals surface area (Å²) in [7, 11) is 1.71. The molecule has 0 saturated heterocycles. The zero-order valence-electron chi connectivity index (χ0n) is 12.3. The smallest absolute Gasteiger partial charge is 0.122 e. The van der Waals surface area contributed by atoms with Crippen LogP contribution in [0.4, 0.5) is 0 Å². The average Bonchev–Trinajstić information content (AvgIpc) is 3.12. The number of fused-ring (bicyclic) bond motifs is 1. The molecule has 1 aliphatic heterocycles. The van der Waals surface area contributed by atoms with Gasteiger partial charge in [-0.2, -0.15) is 5.10 Å². The van der Waals surface area contributed by atoms with Crippen LogP contribution in [-0.2, 0) is 17.8 Å². The van der Waals surface area contributed by atoms with E-state index in [1.165, 1.54) is 11.3 Å². The van der Waals surface area contributed by atoms with Crippen LogP contribution in [0, 0.1) is 0 Å². The molecule has 2 heterocycles. The van der Waals surface area contributed by atoms with E-state index in [4.69, 9.17) is 9.47 Å². The van der Waals surface area contributed by atoms with Crippen LogP contribution in [0.2, 0.25) is 0 Å². The summed E-state index contributed by atoms with van der Waals surface area (Å²) in [6, 6.07) is 10.3.